The van der Waals surface area contributed by atoms with E-state index in [1.54, 1.807) is 12.1 Å². The highest BCUT2D eigenvalue weighted by Gasteiger charge is 1.98. The number of hydrogen-bond acceptors (Lipinski definition) is 2. The molecule has 0 saturated heterocycles. The van der Waals surface area contributed by atoms with E-state index < -0.39 is 0 Å². The third-order valence-electron chi connectivity index (χ3n) is 2.04. The monoisotopic (exact) mass is 236 g/mol. The first-order valence-electron chi connectivity index (χ1n) is 5.01. The van der Waals surface area contributed by atoms with Crippen molar-refractivity contribution < 1.29 is 18.3 Å². The van der Waals surface area contributed by atoms with Gasteiger partial charge in [-0.15, -0.1) is 0 Å². The minimum atomic E-state index is -0.381. The molecule has 2 aromatic carbocycles. The Morgan fingerprint density at radius 3 is 1.65 bits per heavy atom. The fourth-order valence-corrected chi connectivity index (χ4v) is 1.28. The maximum Gasteiger partial charge on any atom is 0.230 e. The van der Waals surface area contributed by atoms with Gasteiger partial charge in [0, 0.05) is 12.1 Å². The van der Waals surface area contributed by atoms with Crippen LogP contribution in [0.25, 0.3) is 0 Å². The predicted molar refractivity (Wildman–Crippen MR) is 58.9 cm³/mol. The molecule has 0 atom stereocenters. The van der Waals surface area contributed by atoms with Crippen LogP contribution < -0.4 is 9.47 Å². The molecule has 0 N–H and O–H groups in total. The zero-order chi connectivity index (χ0) is 12.1. The fraction of sp³-hybridized carbons (Fsp3) is 0.0769. The van der Waals surface area contributed by atoms with Crippen LogP contribution in [0.15, 0.2) is 48.5 Å². The van der Waals surface area contributed by atoms with Crippen LogP contribution in [0.3, 0.4) is 0 Å². The van der Waals surface area contributed by atoms with Crippen LogP contribution in [-0.2, 0) is 0 Å². The Morgan fingerprint density at radius 2 is 1.24 bits per heavy atom. The summed E-state index contributed by atoms with van der Waals surface area (Å²) in [6.07, 6.45) is 0. The molecule has 4 heteroatoms. The van der Waals surface area contributed by atoms with Gasteiger partial charge in [-0.25, -0.2) is 8.78 Å². The van der Waals surface area contributed by atoms with E-state index in [0.29, 0.717) is 11.5 Å². The number of halogens is 2. The molecule has 2 nitrogen and oxygen atoms in total. The van der Waals surface area contributed by atoms with Crippen LogP contribution in [0.2, 0.25) is 0 Å². The van der Waals surface area contributed by atoms with Gasteiger partial charge in [-0.05, 0) is 24.3 Å². The van der Waals surface area contributed by atoms with E-state index in [-0.39, 0.29) is 18.4 Å². The van der Waals surface area contributed by atoms with E-state index >= 15 is 0 Å². The van der Waals surface area contributed by atoms with Crippen molar-refractivity contribution >= 4 is 0 Å². The zero-order valence-corrected chi connectivity index (χ0v) is 8.90. The second-order valence-electron chi connectivity index (χ2n) is 3.32. The summed E-state index contributed by atoms with van der Waals surface area (Å²) >= 11 is 0. The van der Waals surface area contributed by atoms with Gasteiger partial charge in [0.15, 0.2) is 0 Å². The predicted octanol–water partition coefficient (Wildman–Crippen LogP) is 3.38. The van der Waals surface area contributed by atoms with Crippen LogP contribution in [0.4, 0.5) is 8.78 Å². The Hall–Kier alpha value is -2.10. The Bertz CT molecular complexity index is 455. The molecule has 2 rings (SSSR count). The Morgan fingerprint density at radius 1 is 0.765 bits per heavy atom. The van der Waals surface area contributed by atoms with Gasteiger partial charge >= 0.3 is 0 Å². The molecule has 0 spiro atoms. The lowest BCUT2D eigenvalue weighted by molar-refractivity contribution is 0.119. The summed E-state index contributed by atoms with van der Waals surface area (Å²) in [5, 5.41) is 0. The molecule has 88 valence electrons. The third-order valence-corrected chi connectivity index (χ3v) is 2.04. The number of rotatable bonds is 4. The summed E-state index contributed by atoms with van der Waals surface area (Å²) in [6, 6.07) is 11.4. The van der Waals surface area contributed by atoms with Crippen molar-refractivity contribution in [3.63, 3.8) is 0 Å². The topological polar surface area (TPSA) is 18.5 Å². The molecule has 0 aromatic heterocycles. The summed E-state index contributed by atoms with van der Waals surface area (Å²) < 4.78 is 35.9. The average Bonchev–Trinajstić information content (AvgIpc) is 2.29. The molecular formula is C13H10F2O2. The van der Waals surface area contributed by atoms with E-state index in [1.807, 2.05) is 0 Å². The molecule has 17 heavy (non-hydrogen) atoms. The average molecular weight is 236 g/mol. The highest BCUT2D eigenvalue weighted by Crippen LogP contribution is 2.14. The summed E-state index contributed by atoms with van der Waals surface area (Å²) in [5.74, 6) is -0.0377. The molecule has 0 aliphatic heterocycles. The van der Waals surface area contributed by atoms with E-state index in [0.717, 1.165) is 0 Å². The van der Waals surface area contributed by atoms with Crippen molar-refractivity contribution in [1.82, 2.24) is 0 Å². The van der Waals surface area contributed by atoms with Gasteiger partial charge in [0.05, 0.1) is 0 Å². The van der Waals surface area contributed by atoms with E-state index in [1.165, 1.54) is 36.4 Å². The second kappa shape index (κ2) is 5.30. The molecule has 0 bridgehead atoms. The summed E-state index contributed by atoms with van der Waals surface area (Å²) in [7, 11) is 0. The van der Waals surface area contributed by atoms with Gasteiger partial charge in [0.1, 0.15) is 23.1 Å². The minimum absolute atomic E-state index is 0.104. The standard InChI is InChI=1S/C13H10F2O2/c14-10-3-1-5-12(7-10)16-9-17-13-6-2-4-11(15)8-13/h1-8H,9H2. The largest absolute Gasteiger partial charge is 0.457 e. The van der Waals surface area contributed by atoms with Gasteiger partial charge in [-0.3, -0.25) is 0 Å². The van der Waals surface area contributed by atoms with Crippen molar-refractivity contribution in [2.24, 2.45) is 0 Å². The van der Waals surface area contributed by atoms with Gasteiger partial charge in [0.25, 0.3) is 0 Å². The van der Waals surface area contributed by atoms with Gasteiger partial charge in [-0.1, -0.05) is 12.1 Å². The molecule has 0 fully saturated rings. The summed E-state index contributed by atoms with van der Waals surface area (Å²) in [5.41, 5.74) is 0. The molecular weight excluding hydrogens is 226 g/mol. The van der Waals surface area contributed by atoms with Crippen molar-refractivity contribution in [1.29, 1.82) is 0 Å². The summed E-state index contributed by atoms with van der Waals surface area (Å²) in [6.45, 7) is -0.104. The van der Waals surface area contributed by atoms with Crippen LogP contribution in [0.5, 0.6) is 11.5 Å². The quantitative estimate of drug-likeness (QED) is 0.757. The van der Waals surface area contributed by atoms with Gasteiger partial charge < -0.3 is 9.47 Å². The first kappa shape index (κ1) is 11.4. The Kier molecular flexibility index (Phi) is 3.55. The van der Waals surface area contributed by atoms with Gasteiger partial charge in [-0.2, -0.15) is 0 Å². The van der Waals surface area contributed by atoms with Crippen LogP contribution in [0.1, 0.15) is 0 Å². The number of ether oxygens (including phenoxy) is 2. The zero-order valence-electron chi connectivity index (χ0n) is 8.90. The molecule has 0 saturated carbocycles. The lowest BCUT2D eigenvalue weighted by atomic mass is 10.3. The highest BCUT2D eigenvalue weighted by molar-refractivity contribution is 5.23. The highest BCUT2D eigenvalue weighted by atomic mass is 19.1. The molecule has 0 radical (unpaired) electrons. The lowest BCUT2D eigenvalue weighted by Gasteiger charge is -2.08. The Labute approximate surface area is 97.4 Å². The minimum Gasteiger partial charge on any atom is -0.457 e. The van der Waals surface area contributed by atoms with Gasteiger partial charge in [0.2, 0.25) is 6.79 Å². The van der Waals surface area contributed by atoms with E-state index in [9.17, 15) is 8.78 Å². The van der Waals surface area contributed by atoms with E-state index in [2.05, 4.69) is 0 Å². The maximum absolute atomic E-state index is 12.8. The van der Waals surface area contributed by atoms with Crippen molar-refractivity contribution in [3.8, 4) is 11.5 Å². The molecule has 0 aliphatic carbocycles. The third kappa shape index (κ3) is 3.45. The molecule has 0 heterocycles. The maximum atomic E-state index is 12.8. The number of hydrogen-bond donors (Lipinski definition) is 0. The van der Waals surface area contributed by atoms with Crippen LogP contribution in [-0.4, -0.2) is 6.79 Å². The van der Waals surface area contributed by atoms with Crippen LogP contribution >= 0.6 is 0 Å². The first-order valence-corrected chi connectivity index (χ1v) is 5.01. The lowest BCUT2D eigenvalue weighted by Crippen LogP contribution is -2.05. The molecule has 0 aliphatic rings. The fourth-order valence-electron chi connectivity index (χ4n) is 1.28. The van der Waals surface area contributed by atoms with Crippen molar-refractivity contribution in [3.05, 3.63) is 60.2 Å². The van der Waals surface area contributed by atoms with Crippen LogP contribution in [0, 0.1) is 11.6 Å². The molecule has 0 amide bonds. The number of benzene rings is 2. The Balaban J connectivity index is 1.87. The summed E-state index contributed by atoms with van der Waals surface area (Å²) in [4.78, 5) is 0. The van der Waals surface area contributed by atoms with E-state index in [4.69, 9.17) is 9.47 Å². The normalized spacial score (nSPS) is 10.0. The van der Waals surface area contributed by atoms with Crippen molar-refractivity contribution in [2.45, 2.75) is 0 Å². The second-order valence-corrected chi connectivity index (χ2v) is 3.32. The first-order chi connectivity index (χ1) is 8.24. The SMILES string of the molecule is Fc1cccc(OCOc2cccc(F)c2)c1. The molecule has 0 unspecified atom stereocenters. The van der Waals surface area contributed by atoms with Crippen molar-refractivity contribution in [2.75, 3.05) is 6.79 Å². The smallest absolute Gasteiger partial charge is 0.230 e. The molecule has 2 aromatic rings.